The van der Waals surface area contributed by atoms with Gasteiger partial charge in [-0.15, -0.1) is 0 Å². The zero-order valence-electron chi connectivity index (χ0n) is 15.8. The van der Waals surface area contributed by atoms with E-state index in [-0.39, 0.29) is 13.2 Å². The Hall–Kier alpha value is -0.460. The van der Waals surface area contributed by atoms with Crippen LogP contribution in [0.25, 0.3) is 0 Å². The third-order valence-corrected chi connectivity index (χ3v) is 4.71. The molecule has 148 valence electrons. The fourth-order valence-corrected chi connectivity index (χ4v) is 3.19. The minimum atomic E-state index is -1.00. The molecule has 1 heterocycles. The number of rotatable bonds is 15. The highest BCUT2D eigenvalue weighted by Gasteiger charge is 2.40. The van der Waals surface area contributed by atoms with Gasteiger partial charge in [0.1, 0.15) is 24.4 Å². The SMILES string of the molecule is CC/C=C/CCCCCCCCCCO[C@H]1[C@@H]([C@H](O)CO)OC[C@@H]1O. The molecule has 0 unspecified atom stereocenters. The summed E-state index contributed by atoms with van der Waals surface area (Å²) < 4.78 is 11.0. The van der Waals surface area contributed by atoms with E-state index in [1.54, 1.807) is 0 Å². The van der Waals surface area contributed by atoms with Gasteiger partial charge in [-0.2, -0.15) is 0 Å². The summed E-state index contributed by atoms with van der Waals surface area (Å²) in [5, 5.41) is 28.5. The average molecular weight is 359 g/mol. The van der Waals surface area contributed by atoms with Gasteiger partial charge in [0.2, 0.25) is 0 Å². The summed E-state index contributed by atoms with van der Waals surface area (Å²) >= 11 is 0. The normalized spacial score (nSPS) is 25.0. The predicted octanol–water partition coefficient (Wildman–Crippen LogP) is 2.96. The van der Waals surface area contributed by atoms with Crippen LogP contribution in [-0.2, 0) is 9.47 Å². The summed E-state index contributed by atoms with van der Waals surface area (Å²) in [5.74, 6) is 0. The summed E-state index contributed by atoms with van der Waals surface area (Å²) in [7, 11) is 0. The van der Waals surface area contributed by atoms with Crippen LogP contribution in [0.5, 0.6) is 0 Å². The summed E-state index contributed by atoms with van der Waals surface area (Å²) in [6, 6.07) is 0. The van der Waals surface area contributed by atoms with Gasteiger partial charge < -0.3 is 24.8 Å². The van der Waals surface area contributed by atoms with E-state index in [0.717, 1.165) is 19.3 Å². The monoisotopic (exact) mass is 358 g/mol. The van der Waals surface area contributed by atoms with E-state index < -0.39 is 24.4 Å². The highest BCUT2D eigenvalue weighted by molar-refractivity contribution is 4.89. The third kappa shape index (κ3) is 9.71. The van der Waals surface area contributed by atoms with Crippen molar-refractivity contribution in [2.24, 2.45) is 0 Å². The molecule has 0 saturated carbocycles. The van der Waals surface area contributed by atoms with Crippen LogP contribution in [0.1, 0.15) is 71.1 Å². The van der Waals surface area contributed by atoms with Crippen molar-refractivity contribution in [3.05, 3.63) is 12.2 Å². The second kappa shape index (κ2) is 14.7. The molecule has 1 fully saturated rings. The number of hydrogen-bond donors (Lipinski definition) is 3. The van der Waals surface area contributed by atoms with Gasteiger partial charge in [0.05, 0.1) is 13.2 Å². The predicted molar refractivity (Wildman–Crippen MR) is 99.6 cm³/mol. The molecule has 0 aromatic carbocycles. The van der Waals surface area contributed by atoms with E-state index in [1.165, 1.54) is 44.9 Å². The van der Waals surface area contributed by atoms with Gasteiger partial charge in [0.15, 0.2) is 0 Å². The highest BCUT2D eigenvalue weighted by Crippen LogP contribution is 2.21. The number of aliphatic hydroxyl groups is 3. The number of ether oxygens (including phenoxy) is 2. The molecule has 0 aliphatic carbocycles. The number of allylic oxidation sites excluding steroid dienone is 2. The highest BCUT2D eigenvalue weighted by atomic mass is 16.6. The van der Waals surface area contributed by atoms with Crippen molar-refractivity contribution >= 4 is 0 Å². The summed E-state index contributed by atoms with van der Waals surface area (Å²) in [5.41, 5.74) is 0. The molecule has 5 heteroatoms. The van der Waals surface area contributed by atoms with Gasteiger partial charge in [-0.05, 0) is 25.7 Å². The molecule has 1 saturated heterocycles. The van der Waals surface area contributed by atoms with Crippen molar-refractivity contribution < 1.29 is 24.8 Å². The van der Waals surface area contributed by atoms with Gasteiger partial charge in [-0.25, -0.2) is 0 Å². The van der Waals surface area contributed by atoms with Crippen LogP contribution in [0.4, 0.5) is 0 Å². The lowest BCUT2D eigenvalue weighted by Crippen LogP contribution is -2.42. The van der Waals surface area contributed by atoms with Crippen LogP contribution in [-0.4, -0.2) is 59.6 Å². The van der Waals surface area contributed by atoms with Crippen molar-refractivity contribution in [2.75, 3.05) is 19.8 Å². The second-order valence-corrected chi connectivity index (χ2v) is 6.95. The first-order valence-corrected chi connectivity index (χ1v) is 10.1. The largest absolute Gasteiger partial charge is 0.394 e. The van der Waals surface area contributed by atoms with Crippen molar-refractivity contribution in [2.45, 2.75) is 95.5 Å². The molecule has 0 aromatic heterocycles. The molecule has 4 atom stereocenters. The molecule has 0 amide bonds. The minimum absolute atomic E-state index is 0.153. The molecule has 1 aliphatic rings. The molecular formula is C20H38O5. The van der Waals surface area contributed by atoms with Crippen LogP contribution in [0.2, 0.25) is 0 Å². The topological polar surface area (TPSA) is 79.2 Å². The molecule has 0 bridgehead atoms. The summed E-state index contributed by atoms with van der Waals surface area (Å²) in [6.45, 7) is 2.50. The molecule has 0 radical (unpaired) electrons. The zero-order valence-corrected chi connectivity index (χ0v) is 15.8. The van der Waals surface area contributed by atoms with Gasteiger partial charge in [0, 0.05) is 6.61 Å². The minimum Gasteiger partial charge on any atom is -0.394 e. The Balaban J connectivity index is 1.93. The first kappa shape index (κ1) is 22.6. The quantitative estimate of drug-likeness (QED) is 0.310. The van der Waals surface area contributed by atoms with Gasteiger partial charge in [-0.3, -0.25) is 0 Å². The zero-order chi connectivity index (χ0) is 18.3. The Morgan fingerprint density at radius 2 is 1.68 bits per heavy atom. The van der Waals surface area contributed by atoms with Gasteiger partial charge in [0.25, 0.3) is 0 Å². The Bertz CT molecular complexity index is 334. The summed E-state index contributed by atoms with van der Waals surface area (Å²) in [6.07, 6.45) is 13.8. The lowest BCUT2D eigenvalue weighted by atomic mass is 10.1. The van der Waals surface area contributed by atoms with Gasteiger partial charge in [-0.1, -0.05) is 57.6 Å². The fourth-order valence-electron chi connectivity index (χ4n) is 3.19. The molecule has 25 heavy (non-hydrogen) atoms. The van der Waals surface area contributed by atoms with Crippen LogP contribution in [0, 0.1) is 0 Å². The van der Waals surface area contributed by atoms with E-state index in [4.69, 9.17) is 14.6 Å². The van der Waals surface area contributed by atoms with Gasteiger partial charge >= 0.3 is 0 Å². The number of hydrogen-bond acceptors (Lipinski definition) is 5. The molecule has 3 N–H and O–H groups in total. The van der Waals surface area contributed by atoms with E-state index in [2.05, 4.69) is 19.1 Å². The maximum absolute atomic E-state index is 9.85. The van der Waals surface area contributed by atoms with Crippen molar-refractivity contribution in [1.29, 1.82) is 0 Å². The molecule has 5 nitrogen and oxygen atoms in total. The van der Waals surface area contributed by atoms with E-state index in [1.807, 2.05) is 0 Å². The fraction of sp³-hybridized carbons (Fsp3) is 0.900. The Labute approximate surface area is 153 Å². The van der Waals surface area contributed by atoms with Crippen LogP contribution in [0.3, 0.4) is 0 Å². The van der Waals surface area contributed by atoms with E-state index in [0.29, 0.717) is 6.61 Å². The van der Waals surface area contributed by atoms with Crippen molar-refractivity contribution in [3.63, 3.8) is 0 Å². The Morgan fingerprint density at radius 1 is 1.04 bits per heavy atom. The maximum Gasteiger partial charge on any atom is 0.114 e. The van der Waals surface area contributed by atoms with E-state index >= 15 is 0 Å². The van der Waals surface area contributed by atoms with Crippen LogP contribution < -0.4 is 0 Å². The summed E-state index contributed by atoms with van der Waals surface area (Å²) in [4.78, 5) is 0. The van der Waals surface area contributed by atoms with Crippen molar-refractivity contribution in [1.82, 2.24) is 0 Å². The molecule has 1 aliphatic heterocycles. The number of aliphatic hydroxyl groups excluding tert-OH is 3. The number of unbranched alkanes of at least 4 members (excludes halogenated alkanes) is 8. The first-order valence-electron chi connectivity index (χ1n) is 10.1. The molecular weight excluding hydrogens is 320 g/mol. The second-order valence-electron chi connectivity index (χ2n) is 6.95. The molecule has 1 rings (SSSR count). The van der Waals surface area contributed by atoms with Crippen molar-refractivity contribution in [3.8, 4) is 0 Å². The smallest absolute Gasteiger partial charge is 0.114 e. The third-order valence-electron chi connectivity index (χ3n) is 4.71. The first-order chi connectivity index (χ1) is 12.2. The lowest BCUT2D eigenvalue weighted by molar-refractivity contribution is -0.0938. The Kier molecular flexibility index (Phi) is 13.3. The molecule has 0 spiro atoms. The maximum atomic E-state index is 9.85. The van der Waals surface area contributed by atoms with Crippen LogP contribution in [0.15, 0.2) is 12.2 Å². The van der Waals surface area contributed by atoms with Crippen LogP contribution >= 0.6 is 0 Å². The standard InChI is InChI=1S/C20H38O5/c1-2-3-4-5-6-7-8-9-10-11-12-13-14-24-20-18(23)16-25-19(20)17(22)15-21/h3-4,17-23H,2,5-16H2,1H3/b4-3+/t17-,18+,19-,20-/m1/s1. The molecule has 0 aromatic rings. The average Bonchev–Trinajstić information content (AvgIpc) is 2.99. The lowest BCUT2D eigenvalue weighted by Gasteiger charge is -2.23. The Morgan fingerprint density at radius 3 is 2.32 bits per heavy atom. The van der Waals surface area contributed by atoms with E-state index in [9.17, 15) is 10.2 Å².